The van der Waals surface area contributed by atoms with Crippen LogP contribution in [0.25, 0.3) is 0 Å². The predicted octanol–water partition coefficient (Wildman–Crippen LogP) is 3.75. The van der Waals surface area contributed by atoms with Crippen LogP contribution >= 0.6 is 12.2 Å². The number of benzene rings is 2. The molecule has 0 amide bonds. The first-order valence-electron chi connectivity index (χ1n) is 6.48. The number of hydrogen-bond acceptors (Lipinski definition) is 1. The lowest BCUT2D eigenvalue weighted by Crippen LogP contribution is -2.33. The first-order valence-corrected chi connectivity index (χ1v) is 6.88. The Morgan fingerprint density at radius 1 is 1.11 bits per heavy atom. The summed E-state index contributed by atoms with van der Waals surface area (Å²) < 4.78 is 0. The molecule has 0 spiro atoms. The van der Waals surface area contributed by atoms with Crippen LogP contribution in [-0.4, -0.2) is 11.7 Å². The number of anilines is 2. The Morgan fingerprint density at radius 3 is 2.68 bits per heavy atom. The first kappa shape index (κ1) is 12.2. The molecule has 0 saturated carbocycles. The molecule has 0 saturated heterocycles. The molecule has 19 heavy (non-hydrogen) atoms. The molecule has 3 rings (SSSR count). The van der Waals surface area contributed by atoms with Gasteiger partial charge in [0.25, 0.3) is 0 Å². The van der Waals surface area contributed by atoms with Gasteiger partial charge in [0.05, 0.1) is 0 Å². The maximum atomic E-state index is 5.55. The van der Waals surface area contributed by atoms with Crippen molar-refractivity contribution in [3.8, 4) is 0 Å². The largest absolute Gasteiger partial charge is 0.332 e. The van der Waals surface area contributed by atoms with Gasteiger partial charge in [-0.3, -0.25) is 0 Å². The van der Waals surface area contributed by atoms with Crippen LogP contribution < -0.4 is 10.2 Å². The second-order valence-electron chi connectivity index (χ2n) is 4.78. The van der Waals surface area contributed by atoms with Gasteiger partial charge in [-0.2, -0.15) is 0 Å². The van der Waals surface area contributed by atoms with E-state index >= 15 is 0 Å². The zero-order valence-electron chi connectivity index (χ0n) is 10.9. The van der Waals surface area contributed by atoms with Crippen LogP contribution in [0, 0.1) is 6.92 Å². The summed E-state index contributed by atoms with van der Waals surface area (Å²) in [5.41, 5.74) is 4.89. The minimum absolute atomic E-state index is 0.777. The highest BCUT2D eigenvalue weighted by Crippen LogP contribution is 2.28. The summed E-state index contributed by atoms with van der Waals surface area (Å²) in [6.45, 7) is 3.04. The fraction of sp³-hybridized carbons (Fsp3) is 0.188. The highest BCUT2D eigenvalue weighted by molar-refractivity contribution is 7.80. The van der Waals surface area contributed by atoms with E-state index in [0.29, 0.717) is 0 Å². The fourth-order valence-electron chi connectivity index (χ4n) is 2.45. The number of hydrogen-bond donors (Lipinski definition) is 1. The van der Waals surface area contributed by atoms with E-state index in [4.69, 9.17) is 12.2 Å². The van der Waals surface area contributed by atoms with Crippen molar-refractivity contribution in [2.75, 3.05) is 16.8 Å². The van der Waals surface area contributed by atoms with Crippen LogP contribution in [0.15, 0.2) is 48.5 Å². The molecule has 0 atom stereocenters. The van der Waals surface area contributed by atoms with E-state index < -0.39 is 0 Å². The minimum Gasteiger partial charge on any atom is -0.332 e. The molecule has 96 valence electrons. The van der Waals surface area contributed by atoms with E-state index in [1.807, 2.05) is 12.1 Å². The fourth-order valence-corrected chi connectivity index (χ4v) is 2.74. The van der Waals surface area contributed by atoms with Crippen molar-refractivity contribution in [3.05, 3.63) is 59.7 Å². The van der Waals surface area contributed by atoms with E-state index in [9.17, 15) is 0 Å². The van der Waals surface area contributed by atoms with E-state index in [1.165, 1.54) is 16.8 Å². The highest BCUT2D eigenvalue weighted by atomic mass is 32.1. The quantitative estimate of drug-likeness (QED) is 0.793. The molecule has 0 aromatic heterocycles. The van der Waals surface area contributed by atoms with Gasteiger partial charge in [0.15, 0.2) is 5.11 Å². The van der Waals surface area contributed by atoms with Gasteiger partial charge in [-0.05, 0) is 48.8 Å². The van der Waals surface area contributed by atoms with Crippen molar-refractivity contribution < 1.29 is 0 Å². The molecule has 1 N–H and O–H groups in total. The summed E-state index contributed by atoms with van der Waals surface area (Å²) in [6.07, 6.45) is 1.06. The van der Waals surface area contributed by atoms with Crippen LogP contribution in [0.1, 0.15) is 11.1 Å². The smallest absolute Gasteiger partial charge is 0.177 e. The average molecular weight is 268 g/mol. The highest BCUT2D eigenvalue weighted by Gasteiger charge is 2.21. The zero-order valence-corrected chi connectivity index (χ0v) is 11.7. The van der Waals surface area contributed by atoms with Crippen LogP contribution in [0.3, 0.4) is 0 Å². The molecule has 0 fully saturated rings. The van der Waals surface area contributed by atoms with Crippen molar-refractivity contribution in [2.45, 2.75) is 13.3 Å². The lowest BCUT2D eigenvalue weighted by atomic mass is 10.2. The predicted molar refractivity (Wildman–Crippen MR) is 84.9 cm³/mol. The van der Waals surface area contributed by atoms with E-state index in [0.717, 1.165) is 23.8 Å². The molecular formula is C16H16N2S. The van der Waals surface area contributed by atoms with Crippen LogP contribution in [-0.2, 0) is 6.42 Å². The van der Waals surface area contributed by atoms with E-state index in [2.05, 4.69) is 53.5 Å². The summed E-state index contributed by atoms with van der Waals surface area (Å²) in [4.78, 5) is 2.18. The number of para-hydroxylation sites is 2. The van der Waals surface area contributed by atoms with Crippen LogP contribution in [0.4, 0.5) is 11.4 Å². The summed E-state index contributed by atoms with van der Waals surface area (Å²) >= 11 is 5.55. The zero-order chi connectivity index (χ0) is 13.2. The second kappa shape index (κ2) is 5.02. The van der Waals surface area contributed by atoms with Gasteiger partial charge >= 0.3 is 0 Å². The van der Waals surface area contributed by atoms with Gasteiger partial charge in [-0.25, -0.2) is 0 Å². The monoisotopic (exact) mass is 268 g/mol. The Bertz CT molecular complexity index is 622. The normalized spacial score (nSPS) is 13.2. The lowest BCUT2D eigenvalue weighted by molar-refractivity contribution is 1.03. The summed E-state index contributed by atoms with van der Waals surface area (Å²) in [7, 11) is 0. The SMILES string of the molecule is Cc1ccccc1NC(=S)N1CCc2ccccc21. The number of fused-ring (bicyclic) bond motifs is 1. The van der Waals surface area contributed by atoms with Gasteiger partial charge in [0.2, 0.25) is 0 Å². The molecule has 1 aliphatic rings. The number of thiocarbonyl (C=S) groups is 1. The molecule has 0 bridgehead atoms. The summed E-state index contributed by atoms with van der Waals surface area (Å²) in [6, 6.07) is 16.7. The Kier molecular flexibility index (Phi) is 3.22. The third-order valence-corrected chi connectivity index (χ3v) is 3.84. The maximum Gasteiger partial charge on any atom is 0.177 e. The third-order valence-electron chi connectivity index (χ3n) is 3.52. The van der Waals surface area contributed by atoms with E-state index in [-0.39, 0.29) is 0 Å². The van der Waals surface area contributed by atoms with Gasteiger partial charge < -0.3 is 10.2 Å². The number of rotatable bonds is 1. The average Bonchev–Trinajstić information content (AvgIpc) is 2.85. The van der Waals surface area contributed by atoms with Crippen molar-refractivity contribution in [2.24, 2.45) is 0 Å². The van der Waals surface area contributed by atoms with Crippen molar-refractivity contribution in [1.82, 2.24) is 0 Å². The number of nitrogens with zero attached hydrogens (tertiary/aromatic N) is 1. The molecule has 1 aliphatic heterocycles. The summed E-state index contributed by atoms with van der Waals surface area (Å²) in [5.74, 6) is 0. The number of nitrogens with one attached hydrogen (secondary N) is 1. The van der Waals surface area contributed by atoms with E-state index in [1.54, 1.807) is 0 Å². The van der Waals surface area contributed by atoms with Crippen LogP contribution in [0.2, 0.25) is 0 Å². The molecular weight excluding hydrogens is 252 g/mol. The molecule has 2 aromatic rings. The number of aryl methyl sites for hydroxylation is 1. The molecule has 0 unspecified atom stereocenters. The van der Waals surface area contributed by atoms with Gasteiger partial charge in [-0.15, -0.1) is 0 Å². The van der Waals surface area contributed by atoms with Gasteiger partial charge in [0.1, 0.15) is 0 Å². The summed E-state index contributed by atoms with van der Waals surface area (Å²) in [5, 5.41) is 4.13. The topological polar surface area (TPSA) is 15.3 Å². The first-order chi connectivity index (χ1) is 9.25. The van der Waals surface area contributed by atoms with Crippen molar-refractivity contribution in [3.63, 3.8) is 0 Å². The second-order valence-corrected chi connectivity index (χ2v) is 5.16. The molecule has 2 nitrogen and oxygen atoms in total. The third kappa shape index (κ3) is 2.34. The minimum atomic E-state index is 0.777. The van der Waals surface area contributed by atoms with Crippen LogP contribution in [0.5, 0.6) is 0 Å². The molecule has 0 radical (unpaired) electrons. The molecule has 1 heterocycles. The lowest BCUT2D eigenvalue weighted by Gasteiger charge is -2.22. The standard InChI is InChI=1S/C16H16N2S/c1-12-6-2-4-8-14(12)17-16(19)18-11-10-13-7-3-5-9-15(13)18/h2-9H,10-11H2,1H3,(H,17,19). The molecule has 0 aliphatic carbocycles. The Balaban J connectivity index is 1.81. The van der Waals surface area contributed by atoms with Crippen molar-refractivity contribution >= 4 is 28.7 Å². The van der Waals surface area contributed by atoms with Gasteiger partial charge in [0, 0.05) is 17.9 Å². The van der Waals surface area contributed by atoms with Gasteiger partial charge in [-0.1, -0.05) is 36.4 Å². The van der Waals surface area contributed by atoms with Crippen molar-refractivity contribution in [1.29, 1.82) is 0 Å². The Labute approximate surface area is 119 Å². The maximum absolute atomic E-state index is 5.55. The Morgan fingerprint density at radius 2 is 1.84 bits per heavy atom. The Hall–Kier alpha value is -1.87. The molecule has 3 heteroatoms. The molecule has 2 aromatic carbocycles.